The summed E-state index contributed by atoms with van der Waals surface area (Å²) in [7, 11) is 0. The molecule has 0 aliphatic rings. The Morgan fingerprint density at radius 3 is 1.65 bits per heavy atom. The van der Waals surface area contributed by atoms with Gasteiger partial charge in [-0.15, -0.1) is 0 Å². The lowest BCUT2D eigenvalue weighted by Crippen LogP contribution is -2.06. The van der Waals surface area contributed by atoms with Crippen molar-refractivity contribution in [2.45, 2.75) is 12.8 Å². The first-order valence-corrected chi connectivity index (χ1v) is 5.56. The summed E-state index contributed by atoms with van der Waals surface area (Å²) in [5.74, 6) is -0.000185. The van der Waals surface area contributed by atoms with Crippen LogP contribution < -0.4 is 0 Å². The van der Waals surface area contributed by atoms with Crippen LogP contribution in [0.5, 0.6) is 0 Å². The second-order valence-electron chi connectivity index (χ2n) is 3.95. The van der Waals surface area contributed by atoms with E-state index in [-0.39, 0.29) is 5.92 Å². The van der Waals surface area contributed by atoms with E-state index in [0.717, 1.165) is 24.0 Å². The van der Waals surface area contributed by atoms with Crippen LogP contribution in [0.1, 0.15) is 11.1 Å². The molecule has 0 aliphatic carbocycles. The van der Waals surface area contributed by atoms with E-state index >= 15 is 0 Å². The van der Waals surface area contributed by atoms with Crippen molar-refractivity contribution in [2.24, 2.45) is 5.92 Å². The second-order valence-corrected chi connectivity index (χ2v) is 3.95. The van der Waals surface area contributed by atoms with Crippen molar-refractivity contribution < 1.29 is 0 Å². The van der Waals surface area contributed by atoms with E-state index in [2.05, 4.69) is 16.0 Å². The van der Waals surface area contributed by atoms with Gasteiger partial charge in [-0.05, 0) is 48.2 Å². The Morgan fingerprint density at radius 1 is 0.882 bits per heavy atom. The van der Waals surface area contributed by atoms with Crippen LogP contribution in [0.25, 0.3) is 0 Å². The van der Waals surface area contributed by atoms with Gasteiger partial charge in [0.1, 0.15) is 0 Å². The molecule has 3 heteroatoms. The molecule has 0 saturated heterocycles. The molecule has 0 radical (unpaired) electrons. The molecule has 0 spiro atoms. The van der Waals surface area contributed by atoms with Crippen LogP contribution in [-0.2, 0) is 12.8 Å². The van der Waals surface area contributed by atoms with Crippen molar-refractivity contribution in [3.05, 3.63) is 60.2 Å². The molecular formula is C14H13N3. The summed E-state index contributed by atoms with van der Waals surface area (Å²) in [5.41, 5.74) is 2.31. The maximum Gasteiger partial charge on any atom is 0.0662 e. The van der Waals surface area contributed by atoms with Crippen molar-refractivity contribution in [3.8, 4) is 6.07 Å². The number of pyridine rings is 2. The molecule has 0 aromatic carbocycles. The molecule has 0 amide bonds. The maximum atomic E-state index is 9.17. The van der Waals surface area contributed by atoms with Gasteiger partial charge in [-0.25, -0.2) is 0 Å². The Morgan fingerprint density at radius 2 is 1.29 bits per heavy atom. The summed E-state index contributed by atoms with van der Waals surface area (Å²) in [6.07, 6.45) is 8.57. The lowest BCUT2D eigenvalue weighted by Gasteiger charge is -2.08. The highest BCUT2D eigenvalue weighted by Gasteiger charge is 2.09. The summed E-state index contributed by atoms with van der Waals surface area (Å²) in [5, 5.41) is 9.17. The highest BCUT2D eigenvalue weighted by atomic mass is 14.6. The lowest BCUT2D eigenvalue weighted by molar-refractivity contribution is 0.657. The third-order valence-corrected chi connectivity index (χ3v) is 2.65. The van der Waals surface area contributed by atoms with E-state index in [4.69, 9.17) is 5.26 Å². The van der Waals surface area contributed by atoms with Gasteiger partial charge in [0.15, 0.2) is 0 Å². The molecule has 0 saturated carbocycles. The first-order valence-electron chi connectivity index (χ1n) is 5.56. The number of hydrogen-bond donors (Lipinski definition) is 0. The molecule has 0 N–H and O–H groups in total. The van der Waals surface area contributed by atoms with Gasteiger partial charge in [0.25, 0.3) is 0 Å². The molecular weight excluding hydrogens is 210 g/mol. The van der Waals surface area contributed by atoms with Gasteiger partial charge in [0, 0.05) is 24.8 Å². The van der Waals surface area contributed by atoms with Gasteiger partial charge in [-0.2, -0.15) is 5.26 Å². The fourth-order valence-corrected chi connectivity index (χ4v) is 1.77. The Bertz CT molecular complexity index is 446. The molecule has 0 bridgehead atoms. The van der Waals surface area contributed by atoms with Crippen molar-refractivity contribution in [2.75, 3.05) is 0 Å². The third-order valence-electron chi connectivity index (χ3n) is 2.65. The number of nitriles is 1. The molecule has 0 aliphatic heterocycles. The molecule has 17 heavy (non-hydrogen) atoms. The average Bonchev–Trinajstić information content (AvgIpc) is 2.40. The van der Waals surface area contributed by atoms with Crippen LogP contribution in [0, 0.1) is 17.2 Å². The zero-order valence-electron chi connectivity index (χ0n) is 9.45. The molecule has 2 aromatic rings. The van der Waals surface area contributed by atoms with Crippen LogP contribution in [0.3, 0.4) is 0 Å². The first kappa shape index (κ1) is 11.3. The van der Waals surface area contributed by atoms with Gasteiger partial charge >= 0.3 is 0 Å². The van der Waals surface area contributed by atoms with Crippen LogP contribution in [-0.4, -0.2) is 9.97 Å². The lowest BCUT2D eigenvalue weighted by atomic mass is 9.95. The van der Waals surface area contributed by atoms with Crippen LogP contribution in [0.4, 0.5) is 0 Å². The molecule has 2 aromatic heterocycles. The van der Waals surface area contributed by atoms with Gasteiger partial charge in [-0.1, -0.05) is 0 Å². The van der Waals surface area contributed by atoms with E-state index < -0.39 is 0 Å². The van der Waals surface area contributed by atoms with E-state index in [9.17, 15) is 0 Å². The van der Waals surface area contributed by atoms with Crippen LogP contribution in [0.15, 0.2) is 49.1 Å². The molecule has 84 valence electrons. The molecule has 0 unspecified atom stereocenters. The van der Waals surface area contributed by atoms with Gasteiger partial charge in [0.2, 0.25) is 0 Å². The predicted molar refractivity (Wildman–Crippen MR) is 65.0 cm³/mol. The zero-order chi connectivity index (χ0) is 11.9. The first-order chi connectivity index (χ1) is 8.38. The van der Waals surface area contributed by atoms with Gasteiger partial charge < -0.3 is 0 Å². The summed E-state index contributed by atoms with van der Waals surface area (Å²) >= 11 is 0. The summed E-state index contributed by atoms with van der Waals surface area (Å²) in [4.78, 5) is 7.94. The van der Waals surface area contributed by atoms with Crippen molar-refractivity contribution in [1.82, 2.24) is 9.97 Å². The highest BCUT2D eigenvalue weighted by Crippen LogP contribution is 2.13. The molecule has 3 nitrogen and oxygen atoms in total. The van der Waals surface area contributed by atoms with E-state index in [0.29, 0.717) is 0 Å². The van der Waals surface area contributed by atoms with Gasteiger partial charge in [-0.3, -0.25) is 9.97 Å². The molecule has 2 rings (SSSR count). The summed E-state index contributed by atoms with van der Waals surface area (Å²) < 4.78 is 0. The molecule has 0 fully saturated rings. The topological polar surface area (TPSA) is 49.6 Å². The minimum absolute atomic E-state index is 0.000185. The van der Waals surface area contributed by atoms with E-state index in [1.54, 1.807) is 24.8 Å². The Hall–Kier alpha value is -2.21. The van der Waals surface area contributed by atoms with Crippen LogP contribution in [0.2, 0.25) is 0 Å². The number of rotatable bonds is 4. The molecule has 2 heterocycles. The molecule has 0 atom stereocenters. The minimum Gasteiger partial charge on any atom is -0.265 e. The predicted octanol–water partition coefficient (Wildman–Crippen LogP) is 2.40. The maximum absolute atomic E-state index is 9.17. The number of nitrogens with zero attached hydrogens (tertiary/aromatic N) is 3. The Labute approximate surface area is 101 Å². The standard InChI is InChI=1S/C14H13N3/c15-11-14(9-12-1-5-16-6-2-12)10-13-3-7-17-8-4-13/h1-8,14H,9-10H2. The Balaban J connectivity index is 2.01. The zero-order valence-corrected chi connectivity index (χ0v) is 9.45. The average molecular weight is 223 g/mol. The summed E-state index contributed by atoms with van der Waals surface area (Å²) in [6, 6.07) is 10.2. The Kier molecular flexibility index (Phi) is 3.82. The van der Waals surface area contributed by atoms with E-state index in [1.807, 2.05) is 24.3 Å². The minimum atomic E-state index is -0.000185. The number of hydrogen-bond acceptors (Lipinski definition) is 3. The fraction of sp³-hybridized carbons (Fsp3) is 0.214. The van der Waals surface area contributed by atoms with Crippen molar-refractivity contribution >= 4 is 0 Å². The smallest absolute Gasteiger partial charge is 0.0662 e. The third kappa shape index (κ3) is 3.39. The van der Waals surface area contributed by atoms with Crippen molar-refractivity contribution in [1.29, 1.82) is 5.26 Å². The highest BCUT2D eigenvalue weighted by molar-refractivity contribution is 5.16. The fourth-order valence-electron chi connectivity index (χ4n) is 1.77. The van der Waals surface area contributed by atoms with Crippen molar-refractivity contribution in [3.63, 3.8) is 0 Å². The number of aromatic nitrogens is 2. The summed E-state index contributed by atoms with van der Waals surface area (Å²) in [6.45, 7) is 0. The normalized spacial score (nSPS) is 10.1. The SMILES string of the molecule is N#CC(Cc1ccncc1)Cc1ccncc1. The monoisotopic (exact) mass is 223 g/mol. The van der Waals surface area contributed by atoms with Crippen LogP contribution >= 0.6 is 0 Å². The van der Waals surface area contributed by atoms with Gasteiger partial charge in [0.05, 0.1) is 12.0 Å². The largest absolute Gasteiger partial charge is 0.265 e. The second kappa shape index (κ2) is 5.76. The quantitative estimate of drug-likeness (QED) is 0.799. The van der Waals surface area contributed by atoms with E-state index in [1.165, 1.54) is 0 Å².